The molecule has 1 heterocycles. The molecule has 2 rings (SSSR count). The van der Waals surface area contributed by atoms with Crippen LogP contribution in [-0.2, 0) is 0 Å². The van der Waals surface area contributed by atoms with Crippen molar-refractivity contribution in [3.8, 4) is 17.6 Å². The Morgan fingerprint density at radius 1 is 1.41 bits per heavy atom. The molecule has 0 aromatic heterocycles. The van der Waals surface area contributed by atoms with Gasteiger partial charge in [0.2, 0.25) is 6.79 Å². The molecule has 0 amide bonds. The third-order valence-corrected chi connectivity index (χ3v) is 2.97. The van der Waals surface area contributed by atoms with Crippen molar-refractivity contribution in [3.05, 3.63) is 18.2 Å². The maximum atomic E-state index is 8.96. The van der Waals surface area contributed by atoms with Crippen molar-refractivity contribution in [2.24, 2.45) is 5.92 Å². The van der Waals surface area contributed by atoms with Crippen LogP contribution in [0.3, 0.4) is 0 Å². The highest BCUT2D eigenvalue weighted by molar-refractivity contribution is 5.56. The monoisotopic (exact) mass is 232 g/mol. The van der Waals surface area contributed by atoms with E-state index in [0.29, 0.717) is 0 Å². The first-order valence-corrected chi connectivity index (χ1v) is 5.75. The van der Waals surface area contributed by atoms with Crippen LogP contribution < -0.4 is 14.4 Å². The second-order valence-corrected chi connectivity index (χ2v) is 4.15. The van der Waals surface area contributed by atoms with Crippen LogP contribution in [0.1, 0.15) is 13.3 Å². The van der Waals surface area contributed by atoms with E-state index in [1.807, 2.05) is 32.2 Å². The first kappa shape index (κ1) is 11.6. The van der Waals surface area contributed by atoms with Gasteiger partial charge in [-0.25, -0.2) is 0 Å². The quantitative estimate of drug-likeness (QED) is 0.799. The number of rotatable bonds is 4. The van der Waals surface area contributed by atoms with Crippen molar-refractivity contribution in [1.29, 1.82) is 5.26 Å². The van der Waals surface area contributed by atoms with Gasteiger partial charge >= 0.3 is 0 Å². The normalized spacial score (nSPS) is 14.2. The molecular weight excluding hydrogens is 216 g/mol. The minimum atomic E-state index is 0.0606. The van der Waals surface area contributed by atoms with E-state index in [2.05, 4.69) is 11.0 Å². The molecule has 1 aliphatic heterocycles. The molecule has 4 heteroatoms. The molecule has 0 bridgehead atoms. The van der Waals surface area contributed by atoms with Crippen LogP contribution in [-0.4, -0.2) is 20.4 Å². The summed E-state index contributed by atoms with van der Waals surface area (Å²) >= 11 is 0. The SMILES string of the molecule is CCC(C#N)CN(C)c1ccc2c(c1)OCO2. The molecule has 0 fully saturated rings. The lowest BCUT2D eigenvalue weighted by molar-refractivity contribution is 0.174. The van der Waals surface area contributed by atoms with Crippen LogP contribution in [0.15, 0.2) is 18.2 Å². The Bertz CT molecular complexity index is 440. The fourth-order valence-electron chi connectivity index (χ4n) is 1.82. The second kappa shape index (κ2) is 4.96. The molecule has 0 saturated carbocycles. The summed E-state index contributed by atoms with van der Waals surface area (Å²) in [4.78, 5) is 2.07. The minimum absolute atomic E-state index is 0.0606. The lowest BCUT2D eigenvalue weighted by atomic mass is 10.1. The van der Waals surface area contributed by atoms with Gasteiger partial charge in [0.15, 0.2) is 11.5 Å². The summed E-state index contributed by atoms with van der Waals surface area (Å²) in [5, 5.41) is 8.96. The molecule has 0 radical (unpaired) electrons. The van der Waals surface area contributed by atoms with Crippen molar-refractivity contribution in [3.63, 3.8) is 0 Å². The van der Waals surface area contributed by atoms with Gasteiger partial charge < -0.3 is 14.4 Å². The van der Waals surface area contributed by atoms with Gasteiger partial charge in [-0.2, -0.15) is 5.26 Å². The van der Waals surface area contributed by atoms with Gasteiger partial charge in [0.05, 0.1) is 12.0 Å². The van der Waals surface area contributed by atoms with E-state index in [-0.39, 0.29) is 12.7 Å². The smallest absolute Gasteiger partial charge is 0.231 e. The van der Waals surface area contributed by atoms with E-state index in [0.717, 1.165) is 30.2 Å². The third-order valence-electron chi connectivity index (χ3n) is 2.97. The van der Waals surface area contributed by atoms with Crippen molar-refractivity contribution in [2.45, 2.75) is 13.3 Å². The Balaban J connectivity index is 2.09. The van der Waals surface area contributed by atoms with Crippen LogP contribution in [0.25, 0.3) is 0 Å². The number of nitriles is 1. The van der Waals surface area contributed by atoms with Crippen LogP contribution in [0.2, 0.25) is 0 Å². The summed E-state index contributed by atoms with van der Waals surface area (Å²) in [7, 11) is 1.98. The number of hydrogen-bond donors (Lipinski definition) is 0. The van der Waals surface area contributed by atoms with E-state index in [1.165, 1.54) is 0 Å². The molecule has 0 aliphatic carbocycles. The van der Waals surface area contributed by atoms with E-state index in [4.69, 9.17) is 14.7 Å². The maximum Gasteiger partial charge on any atom is 0.231 e. The fourth-order valence-corrected chi connectivity index (χ4v) is 1.82. The van der Waals surface area contributed by atoms with Crippen LogP contribution in [0.5, 0.6) is 11.5 Å². The molecule has 0 N–H and O–H groups in total. The van der Waals surface area contributed by atoms with Crippen molar-refractivity contribution >= 4 is 5.69 Å². The van der Waals surface area contributed by atoms with E-state index in [1.54, 1.807) is 0 Å². The Hall–Kier alpha value is -1.89. The van der Waals surface area contributed by atoms with Gasteiger partial charge in [0.25, 0.3) is 0 Å². The van der Waals surface area contributed by atoms with Crippen LogP contribution >= 0.6 is 0 Å². The standard InChI is InChI=1S/C13H16N2O2/c1-3-10(7-14)8-15(2)11-4-5-12-13(6-11)17-9-16-12/h4-6,10H,3,8-9H2,1-2H3. The average molecular weight is 232 g/mol. The lowest BCUT2D eigenvalue weighted by Crippen LogP contribution is -2.24. The molecule has 0 spiro atoms. The summed E-state index contributed by atoms with van der Waals surface area (Å²) < 4.78 is 10.6. The zero-order valence-corrected chi connectivity index (χ0v) is 10.1. The summed E-state index contributed by atoms with van der Waals surface area (Å²) in [5.74, 6) is 1.62. The predicted octanol–water partition coefficient (Wildman–Crippen LogP) is 2.40. The lowest BCUT2D eigenvalue weighted by Gasteiger charge is -2.21. The summed E-state index contributed by atoms with van der Waals surface area (Å²) in [6.07, 6.45) is 0.866. The van der Waals surface area contributed by atoms with Crippen LogP contribution in [0.4, 0.5) is 5.69 Å². The Morgan fingerprint density at radius 3 is 2.88 bits per heavy atom. The molecule has 90 valence electrons. The van der Waals surface area contributed by atoms with Crippen LogP contribution in [0, 0.1) is 17.2 Å². The Kier molecular flexibility index (Phi) is 3.38. The van der Waals surface area contributed by atoms with Gasteiger partial charge in [0, 0.05) is 25.3 Å². The van der Waals surface area contributed by atoms with Crippen molar-refractivity contribution in [2.75, 3.05) is 25.3 Å². The highest BCUT2D eigenvalue weighted by Crippen LogP contribution is 2.35. The number of benzene rings is 1. The highest BCUT2D eigenvalue weighted by Gasteiger charge is 2.16. The number of nitrogens with zero attached hydrogens (tertiary/aromatic N) is 2. The Labute approximate surface area is 101 Å². The number of ether oxygens (including phenoxy) is 2. The molecule has 1 aliphatic rings. The van der Waals surface area contributed by atoms with Gasteiger partial charge in [-0.3, -0.25) is 0 Å². The molecule has 17 heavy (non-hydrogen) atoms. The number of fused-ring (bicyclic) bond motifs is 1. The average Bonchev–Trinajstić information content (AvgIpc) is 2.82. The van der Waals surface area contributed by atoms with Gasteiger partial charge in [-0.05, 0) is 18.6 Å². The number of hydrogen-bond acceptors (Lipinski definition) is 4. The first-order chi connectivity index (χ1) is 8.24. The first-order valence-electron chi connectivity index (χ1n) is 5.75. The molecule has 1 atom stereocenters. The van der Waals surface area contributed by atoms with E-state index in [9.17, 15) is 0 Å². The van der Waals surface area contributed by atoms with Gasteiger partial charge in [0.1, 0.15) is 0 Å². The van der Waals surface area contributed by atoms with E-state index >= 15 is 0 Å². The summed E-state index contributed by atoms with van der Waals surface area (Å²) in [5.41, 5.74) is 1.04. The summed E-state index contributed by atoms with van der Waals surface area (Å²) in [6.45, 7) is 3.05. The predicted molar refractivity (Wildman–Crippen MR) is 65.2 cm³/mol. The van der Waals surface area contributed by atoms with Crippen molar-refractivity contribution in [1.82, 2.24) is 0 Å². The molecule has 1 aromatic carbocycles. The zero-order chi connectivity index (χ0) is 12.3. The largest absolute Gasteiger partial charge is 0.454 e. The van der Waals surface area contributed by atoms with Crippen molar-refractivity contribution < 1.29 is 9.47 Å². The topological polar surface area (TPSA) is 45.5 Å². The second-order valence-electron chi connectivity index (χ2n) is 4.15. The third kappa shape index (κ3) is 2.44. The zero-order valence-electron chi connectivity index (χ0n) is 10.1. The highest BCUT2D eigenvalue weighted by atomic mass is 16.7. The molecule has 1 aromatic rings. The number of anilines is 1. The Morgan fingerprint density at radius 2 is 2.18 bits per heavy atom. The van der Waals surface area contributed by atoms with E-state index < -0.39 is 0 Å². The van der Waals surface area contributed by atoms with Gasteiger partial charge in [-0.1, -0.05) is 6.92 Å². The fraction of sp³-hybridized carbons (Fsp3) is 0.462. The minimum Gasteiger partial charge on any atom is -0.454 e. The van der Waals surface area contributed by atoms with Gasteiger partial charge in [-0.15, -0.1) is 0 Å². The molecular formula is C13H16N2O2. The maximum absolute atomic E-state index is 8.96. The molecule has 4 nitrogen and oxygen atoms in total. The molecule has 0 saturated heterocycles. The summed E-state index contributed by atoms with van der Waals surface area (Å²) in [6, 6.07) is 8.15. The molecule has 1 unspecified atom stereocenters.